The minimum atomic E-state index is -4.84. The number of amides is 3. The van der Waals surface area contributed by atoms with Gasteiger partial charge in [0.05, 0.1) is 24.4 Å². The Kier molecular flexibility index (Phi) is 4.37. The molecule has 0 spiro atoms. The number of carbonyl (C=O) groups is 3. The Bertz CT molecular complexity index is 966. The van der Waals surface area contributed by atoms with Crippen LogP contribution in [0.5, 0.6) is 0 Å². The molecule has 2 aliphatic heterocycles. The molecule has 3 rings (SSSR count). The summed E-state index contributed by atoms with van der Waals surface area (Å²) >= 11 is 0. The summed E-state index contributed by atoms with van der Waals surface area (Å²) in [7, 11) is 0. The number of hydrogen-bond acceptors (Lipinski definition) is 5. The third-order valence-electron chi connectivity index (χ3n) is 4.41. The van der Waals surface area contributed by atoms with Gasteiger partial charge in [-0.05, 0) is 26.0 Å². The third-order valence-corrected chi connectivity index (χ3v) is 4.41. The molecule has 1 fully saturated rings. The number of benzene rings is 1. The molecule has 0 saturated carbocycles. The van der Waals surface area contributed by atoms with Crippen LogP contribution in [0, 0.1) is 6.57 Å². The van der Waals surface area contributed by atoms with Gasteiger partial charge < -0.3 is 4.74 Å². The van der Waals surface area contributed by atoms with Crippen LogP contribution in [0.25, 0.3) is 4.85 Å². The van der Waals surface area contributed by atoms with E-state index in [9.17, 15) is 27.6 Å². The summed E-state index contributed by atoms with van der Waals surface area (Å²) in [5, 5.41) is 4.62. The lowest BCUT2D eigenvalue weighted by molar-refractivity contribution is -0.137. The van der Waals surface area contributed by atoms with Gasteiger partial charge in [-0.3, -0.25) is 4.79 Å². The molecule has 28 heavy (non-hydrogen) atoms. The number of alkyl halides is 3. The highest BCUT2D eigenvalue weighted by Gasteiger charge is 2.60. The monoisotopic (exact) mass is 394 g/mol. The zero-order chi connectivity index (χ0) is 20.9. The van der Waals surface area contributed by atoms with Gasteiger partial charge >= 0.3 is 18.2 Å². The van der Waals surface area contributed by atoms with E-state index in [0.29, 0.717) is 11.0 Å². The summed E-state index contributed by atoms with van der Waals surface area (Å²) in [6.07, 6.45) is -5.06. The lowest BCUT2D eigenvalue weighted by atomic mass is 9.95. The first-order valence-electron chi connectivity index (χ1n) is 8.06. The first-order chi connectivity index (χ1) is 13.0. The molecule has 0 bridgehead atoms. The average molecular weight is 394 g/mol. The number of hydrazone groups is 1. The molecule has 0 aliphatic carbocycles. The molecular weight excluding hydrogens is 381 g/mol. The highest BCUT2D eigenvalue weighted by atomic mass is 19.4. The van der Waals surface area contributed by atoms with Crippen molar-refractivity contribution in [2.45, 2.75) is 32.0 Å². The highest BCUT2D eigenvalue weighted by molar-refractivity contribution is 6.40. The first kappa shape index (κ1) is 19.3. The van der Waals surface area contributed by atoms with Crippen molar-refractivity contribution in [2.24, 2.45) is 5.10 Å². The predicted molar refractivity (Wildman–Crippen MR) is 89.5 cm³/mol. The zero-order valence-electron chi connectivity index (χ0n) is 14.7. The van der Waals surface area contributed by atoms with Crippen molar-refractivity contribution < 1.29 is 32.3 Å². The molecule has 1 aromatic rings. The fourth-order valence-electron chi connectivity index (χ4n) is 3.05. The van der Waals surface area contributed by atoms with E-state index in [4.69, 9.17) is 11.3 Å². The molecule has 1 unspecified atom stereocenters. The molecule has 1 atom stereocenters. The molecule has 2 heterocycles. The Labute approximate surface area is 157 Å². The zero-order valence-corrected chi connectivity index (χ0v) is 14.7. The van der Waals surface area contributed by atoms with Crippen molar-refractivity contribution in [3.63, 3.8) is 0 Å². The number of nitrogens with zero attached hydrogens (tertiary/aromatic N) is 4. The number of rotatable bonds is 3. The summed E-state index contributed by atoms with van der Waals surface area (Å²) in [4.78, 5) is 40.8. The van der Waals surface area contributed by atoms with Crippen LogP contribution in [0.1, 0.15) is 25.8 Å². The average Bonchev–Trinajstić information content (AvgIpc) is 3.07. The number of urea groups is 1. The number of ether oxygens (including phenoxy) is 1. The van der Waals surface area contributed by atoms with Crippen molar-refractivity contribution in [1.29, 1.82) is 0 Å². The molecule has 3 amide bonds. The maximum absolute atomic E-state index is 13.2. The number of hydrogen-bond donors (Lipinski definition) is 0. The number of halogens is 3. The van der Waals surface area contributed by atoms with Crippen LogP contribution in [0.2, 0.25) is 0 Å². The molecule has 146 valence electrons. The predicted octanol–water partition coefficient (Wildman–Crippen LogP) is 3.11. The summed E-state index contributed by atoms with van der Waals surface area (Å²) < 4.78 is 44.4. The van der Waals surface area contributed by atoms with E-state index in [2.05, 4.69) is 9.95 Å². The van der Waals surface area contributed by atoms with E-state index in [1.165, 1.54) is 6.92 Å². The first-order valence-corrected chi connectivity index (χ1v) is 8.06. The fraction of sp³-hybridized carbons (Fsp3) is 0.353. The summed E-state index contributed by atoms with van der Waals surface area (Å²) in [5.74, 6) is -1.60. The Balaban J connectivity index is 2.01. The van der Waals surface area contributed by atoms with Gasteiger partial charge in [0.2, 0.25) is 0 Å². The molecule has 8 nitrogen and oxygen atoms in total. The van der Waals surface area contributed by atoms with Crippen molar-refractivity contribution >= 4 is 35.0 Å². The Morgan fingerprint density at radius 3 is 2.61 bits per heavy atom. The van der Waals surface area contributed by atoms with Crippen LogP contribution >= 0.6 is 0 Å². The molecule has 2 aliphatic rings. The van der Waals surface area contributed by atoms with Crippen LogP contribution < -0.4 is 4.90 Å². The molecule has 11 heteroatoms. The van der Waals surface area contributed by atoms with E-state index in [0.717, 1.165) is 17.1 Å². The number of esters is 1. The smallest absolute Gasteiger partial charge is 0.407 e. The van der Waals surface area contributed by atoms with Gasteiger partial charge in [-0.1, -0.05) is 6.07 Å². The topological polar surface area (TPSA) is 83.6 Å². The summed E-state index contributed by atoms with van der Waals surface area (Å²) in [6.45, 7) is 9.89. The van der Waals surface area contributed by atoms with Gasteiger partial charge in [-0.2, -0.15) is 23.3 Å². The second kappa shape index (κ2) is 6.33. The normalized spacial score (nSPS) is 21.5. The number of anilines is 1. The van der Waals surface area contributed by atoms with Crippen molar-refractivity contribution in [1.82, 2.24) is 5.01 Å². The highest BCUT2D eigenvalue weighted by Crippen LogP contribution is 2.42. The van der Waals surface area contributed by atoms with E-state index in [1.807, 2.05) is 0 Å². The minimum Gasteiger partial charge on any atom is -0.461 e. The molecule has 0 aromatic heterocycles. The molecule has 1 saturated heterocycles. The molecular formula is C17H13F3N4O4. The fourth-order valence-corrected chi connectivity index (χ4v) is 3.05. The van der Waals surface area contributed by atoms with Crippen LogP contribution in [-0.2, 0) is 20.5 Å². The van der Waals surface area contributed by atoms with Gasteiger partial charge in [0.15, 0.2) is 11.2 Å². The van der Waals surface area contributed by atoms with Crippen LogP contribution in [0.4, 0.5) is 29.3 Å². The van der Waals surface area contributed by atoms with Crippen LogP contribution in [-0.4, -0.2) is 40.8 Å². The number of imide groups is 1. The number of fused-ring (bicyclic) bond motifs is 1. The van der Waals surface area contributed by atoms with Crippen molar-refractivity contribution in [3.8, 4) is 0 Å². The SMILES string of the molecule is [C-]#[N+]c1ccc(N2C(=O)N3N=C(C(=O)OCC)CC3(C)C2=O)cc1C(F)(F)F. The standard InChI is InChI=1S/C17H13F3N4O4/c1-4-28-13(25)12-8-16(2)14(26)23(15(27)24(16)22-12)9-5-6-11(21-3)10(7-9)17(18,19)20/h5-7H,4,8H2,1-2H3. The summed E-state index contributed by atoms with van der Waals surface area (Å²) in [6, 6.07) is 1.56. The largest absolute Gasteiger partial charge is 0.461 e. The molecule has 0 radical (unpaired) electrons. The van der Waals surface area contributed by atoms with E-state index < -0.39 is 40.9 Å². The molecule has 1 aromatic carbocycles. The van der Waals surface area contributed by atoms with Crippen molar-refractivity contribution in [2.75, 3.05) is 11.5 Å². The number of carbonyl (C=O) groups excluding carboxylic acids is 3. The van der Waals surface area contributed by atoms with E-state index in [1.54, 1.807) is 6.92 Å². The third kappa shape index (κ3) is 2.77. The van der Waals surface area contributed by atoms with Gasteiger partial charge in [0.25, 0.3) is 5.91 Å². The van der Waals surface area contributed by atoms with E-state index >= 15 is 0 Å². The van der Waals surface area contributed by atoms with E-state index in [-0.39, 0.29) is 24.4 Å². The lowest BCUT2D eigenvalue weighted by Crippen LogP contribution is -2.42. The van der Waals surface area contributed by atoms with Gasteiger partial charge in [0, 0.05) is 6.42 Å². The Hall–Kier alpha value is -3.42. The maximum Gasteiger partial charge on any atom is 0.407 e. The van der Waals surface area contributed by atoms with Crippen LogP contribution in [0.15, 0.2) is 23.3 Å². The van der Waals surface area contributed by atoms with Gasteiger partial charge in [-0.25, -0.2) is 19.3 Å². The Morgan fingerprint density at radius 1 is 1.39 bits per heavy atom. The quantitative estimate of drug-likeness (QED) is 0.448. The second-order valence-electron chi connectivity index (χ2n) is 6.26. The van der Waals surface area contributed by atoms with Gasteiger partial charge in [-0.15, -0.1) is 0 Å². The second-order valence-corrected chi connectivity index (χ2v) is 6.26. The lowest BCUT2D eigenvalue weighted by Gasteiger charge is -2.20. The van der Waals surface area contributed by atoms with Gasteiger partial charge in [0.1, 0.15) is 5.71 Å². The van der Waals surface area contributed by atoms with Crippen molar-refractivity contribution in [3.05, 3.63) is 35.2 Å². The molecule has 0 N–H and O–H groups in total. The Morgan fingerprint density at radius 2 is 2.07 bits per heavy atom. The minimum absolute atomic E-state index is 0.0796. The van der Waals surface area contributed by atoms with Crippen LogP contribution in [0.3, 0.4) is 0 Å². The maximum atomic E-state index is 13.2. The summed E-state index contributed by atoms with van der Waals surface area (Å²) in [5.41, 5.74) is -3.91.